The Morgan fingerprint density at radius 1 is 1.19 bits per heavy atom. The summed E-state index contributed by atoms with van der Waals surface area (Å²) in [5, 5.41) is 7.47. The number of halogens is 2. The fourth-order valence-corrected chi connectivity index (χ4v) is 3.18. The van der Waals surface area contributed by atoms with E-state index in [-0.39, 0.29) is 6.01 Å². The summed E-state index contributed by atoms with van der Waals surface area (Å²) in [6.07, 6.45) is 5.13. The van der Waals surface area contributed by atoms with Crippen molar-refractivity contribution in [2.75, 3.05) is 32.6 Å². The molecule has 4 aromatic rings. The SMILES string of the molecule is C[C@H](Nc1cc(-c2cnn3cccnc23)nc(OCCN(C)C)n1)c1ccc(F)cc1F. The molecule has 8 nitrogen and oxygen atoms in total. The third-order valence-electron chi connectivity index (χ3n) is 4.82. The first kappa shape index (κ1) is 21.6. The number of ether oxygens (including phenoxy) is 1. The molecular formula is C22H23F2N7O. The van der Waals surface area contributed by atoms with E-state index in [1.165, 1.54) is 12.1 Å². The fourth-order valence-electron chi connectivity index (χ4n) is 3.18. The number of hydrogen-bond donors (Lipinski definition) is 1. The van der Waals surface area contributed by atoms with Crippen LogP contribution in [0.25, 0.3) is 16.9 Å². The van der Waals surface area contributed by atoms with Crippen molar-refractivity contribution < 1.29 is 13.5 Å². The van der Waals surface area contributed by atoms with Crippen LogP contribution in [0.4, 0.5) is 14.6 Å². The van der Waals surface area contributed by atoms with E-state index in [0.717, 1.165) is 6.07 Å². The zero-order valence-electron chi connectivity index (χ0n) is 18.0. The van der Waals surface area contributed by atoms with E-state index in [0.29, 0.717) is 41.4 Å². The molecule has 0 unspecified atom stereocenters. The molecule has 32 heavy (non-hydrogen) atoms. The van der Waals surface area contributed by atoms with Gasteiger partial charge in [-0.3, -0.25) is 0 Å². The lowest BCUT2D eigenvalue weighted by Crippen LogP contribution is -2.20. The van der Waals surface area contributed by atoms with Gasteiger partial charge < -0.3 is 15.0 Å². The summed E-state index contributed by atoms with van der Waals surface area (Å²) in [4.78, 5) is 15.3. The lowest BCUT2D eigenvalue weighted by atomic mass is 10.1. The predicted molar refractivity (Wildman–Crippen MR) is 116 cm³/mol. The first-order valence-electron chi connectivity index (χ1n) is 10.1. The second-order valence-electron chi connectivity index (χ2n) is 7.55. The van der Waals surface area contributed by atoms with Crippen LogP contribution in [-0.4, -0.2) is 56.7 Å². The Hall–Kier alpha value is -3.66. The van der Waals surface area contributed by atoms with Crippen molar-refractivity contribution >= 4 is 11.5 Å². The summed E-state index contributed by atoms with van der Waals surface area (Å²) in [6, 6.07) is 6.70. The van der Waals surface area contributed by atoms with E-state index in [1.54, 1.807) is 42.2 Å². The standard InChI is InChI=1S/C22H23F2N7O/c1-14(16-6-5-15(23)11-18(16)24)27-20-12-19(28-22(29-20)32-10-9-30(2)3)17-13-26-31-8-4-7-25-21(17)31/h4-8,11-14H,9-10H2,1-3H3,(H,27,28,29)/t14-/m0/s1. The first-order chi connectivity index (χ1) is 15.4. The zero-order chi connectivity index (χ0) is 22.7. The normalized spacial score (nSPS) is 12.3. The molecule has 3 heterocycles. The van der Waals surface area contributed by atoms with Crippen molar-refractivity contribution in [2.24, 2.45) is 0 Å². The third kappa shape index (κ3) is 4.80. The maximum atomic E-state index is 14.2. The van der Waals surface area contributed by atoms with Crippen molar-refractivity contribution in [1.29, 1.82) is 0 Å². The van der Waals surface area contributed by atoms with Gasteiger partial charge in [-0.2, -0.15) is 15.1 Å². The number of anilines is 1. The lowest BCUT2D eigenvalue weighted by molar-refractivity contribution is 0.246. The number of nitrogens with one attached hydrogen (secondary N) is 1. The molecule has 0 radical (unpaired) electrons. The maximum Gasteiger partial charge on any atom is 0.318 e. The van der Waals surface area contributed by atoms with Gasteiger partial charge in [-0.15, -0.1) is 0 Å². The summed E-state index contributed by atoms with van der Waals surface area (Å²) in [5.74, 6) is -0.824. The number of benzene rings is 1. The minimum Gasteiger partial charge on any atom is -0.462 e. The Bertz CT molecular complexity index is 1230. The molecule has 0 aliphatic rings. The molecule has 4 rings (SSSR count). The van der Waals surface area contributed by atoms with Crippen LogP contribution < -0.4 is 10.1 Å². The van der Waals surface area contributed by atoms with E-state index >= 15 is 0 Å². The summed E-state index contributed by atoms with van der Waals surface area (Å²) in [6.45, 7) is 2.85. The summed E-state index contributed by atoms with van der Waals surface area (Å²) in [5.41, 5.74) is 2.21. The van der Waals surface area contributed by atoms with E-state index < -0.39 is 17.7 Å². The molecule has 0 aliphatic heterocycles. The molecule has 166 valence electrons. The van der Waals surface area contributed by atoms with Gasteiger partial charge in [0.25, 0.3) is 0 Å². The third-order valence-corrected chi connectivity index (χ3v) is 4.82. The largest absolute Gasteiger partial charge is 0.462 e. The second kappa shape index (κ2) is 9.23. The van der Waals surface area contributed by atoms with Crippen LogP contribution in [0.5, 0.6) is 6.01 Å². The van der Waals surface area contributed by atoms with E-state index in [9.17, 15) is 8.78 Å². The number of hydrogen-bond acceptors (Lipinski definition) is 7. The highest BCUT2D eigenvalue weighted by Gasteiger charge is 2.17. The molecule has 0 aliphatic carbocycles. The quantitative estimate of drug-likeness (QED) is 0.449. The van der Waals surface area contributed by atoms with Gasteiger partial charge in [0, 0.05) is 36.6 Å². The number of rotatable bonds is 8. The van der Waals surface area contributed by atoms with Gasteiger partial charge in [-0.05, 0) is 33.2 Å². The van der Waals surface area contributed by atoms with Crippen molar-refractivity contribution in [1.82, 2.24) is 29.5 Å². The highest BCUT2D eigenvalue weighted by atomic mass is 19.1. The molecule has 0 spiro atoms. The van der Waals surface area contributed by atoms with Gasteiger partial charge in [0.15, 0.2) is 5.65 Å². The van der Waals surface area contributed by atoms with Crippen LogP contribution >= 0.6 is 0 Å². The first-order valence-corrected chi connectivity index (χ1v) is 10.1. The molecule has 0 fully saturated rings. The predicted octanol–water partition coefficient (Wildman–Crippen LogP) is 3.58. The Balaban J connectivity index is 1.68. The van der Waals surface area contributed by atoms with Crippen LogP contribution in [-0.2, 0) is 0 Å². The Morgan fingerprint density at radius 3 is 2.81 bits per heavy atom. The molecule has 0 saturated carbocycles. The smallest absolute Gasteiger partial charge is 0.318 e. The van der Waals surface area contributed by atoms with Crippen LogP contribution in [0.3, 0.4) is 0 Å². The van der Waals surface area contributed by atoms with Crippen LogP contribution in [0.2, 0.25) is 0 Å². The van der Waals surface area contributed by atoms with Crippen molar-refractivity contribution in [3.8, 4) is 17.3 Å². The van der Waals surface area contributed by atoms with Crippen molar-refractivity contribution in [3.05, 3.63) is 66.1 Å². The minimum absolute atomic E-state index is 0.175. The van der Waals surface area contributed by atoms with Gasteiger partial charge >= 0.3 is 6.01 Å². The molecule has 0 amide bonds. The fraction of sp³-hybridized carbons (Fsp3) is 0.273. The molecule has 10 heteroatoms. The van der Waals surface area contributed by atoms with Crippen molar-refractivity contribution in [2.45, 2.75) is 13.0 Å². The molecule has 3 aromatic heterocycles. The monoisotopic (exact) mass is 439 g/mol. The Morgan fingerprint density at radius 2 is 2.03 bits per heavy atom. The Labute approximate surface area is 183 Å². The highest BCUT2D eigenvalue weighted by molar-refractivity contribution is 5.75. The van der Waals surface area contributed by atoms with E-state index in [2.05, 4.69) is 25.4 Å². The average Bonchev–Trinajstić information content (AvgIpc) is 3.17. The van der Waals surface area contributed by atoms with Gasteiger partial charge in [-0.1, -0.05) is 6.07 Å². The Kier molecular flexibility index (Phi) is 6.22. The maximum absolute atomic E-state index is 14.2. The number of nitrogens with zero attached hydrogens (tertiary/aromatic N) is 6. The molecule has 1 N–H and O–H groups in total. The molecule has 1 atom stereocenters. The average molecular weight is 439 g/mol. The lowest BCUT2D eigenvalue weighted by Gasteiger charge is -2.17. The van der Waals surface area contributed by atoms with Crippen molar-refractivity contribution in [3.63, 3.8) is 0 Å². The minimum atomic E-state index is -0.631. The topological polar surface area (TPSA) is 80.5 Å². The second-order valence-corrected chi connectivity index (χ2v) is 7.55. The molecule has 0 bridgehead atoms. The van der Waals surface area contributed by atoms with Gasteiger partial charge in [0.1, 0.15) is 24.1 Å². The molecule has 1 aromatic carbocycles. The van der Waals surface area contributed by atoms with Gasteiger partial charge in [0.2, 0.25) is 0 Å². The number of aromatic nitrogens is 5. The summed E-state index contributed by atoms with van der Waals surface area (Å²) >= 11 is 0. The molecular weight excluding hydrogens is 416 g/mol. The highest BCUT2D eigenvalue weighted by Crippen LogP contribution is 2.28. The van der Waals surface area contributed by atoms with Crippen LogP contribution in [0.15, 0.2) is 48.9 Å². The summed E-state index contributed by atoms with van der Waals surface area (Å²) in [7, 11) is 3.88. The zero-order valence-corrected chi connectivity index (χ0v) is 18.0. The van der Waals surface area contributed by atoms with Gasteiger partial charge in [-0.25, -0.2) is 18.3 Å². The van der Waals surface area contributed by atoms with E-state index in [1.807, 2.05) is 19.0 Å². The van der Waals surface area contributed by atoms with Gasteiger partial charge in [0.05, 0.1) is 23.5 Å². The summed E-state index contributed by atoms with van der Waals surface area (Å²) < 4.78 is 34.9. The number of fused-ring (bicyclic) bond motifs is 1. The molecule has 0 saturated heterocycles. The van der Waals surface area contributed by atoms with Crippen LogP contribution in [0.1, 0.15) is 18.5 Å². The number of likely N-dealkylation sites (N-methyl/N-ethyl adjacent to an activating group) is 1. The van der Waals surface area contributed by atoms with E-state index in [4.69, 9.17) is 4.74 Å². The van der Waals surface area contributed by atoms with Crippen LogP contribution in [0, 0.1) is 11.6 Å².